The third kappa shape index (κ3) is 6.72. The third-order valence-corrected chi connectivity index (χ3v) is 6.03. The van der Waals surface area contributed by atoms with Gasteiger partial charge in [-0.2, -0.15) is 5.09 Å². The molecule has 2 aromatic rings. The molecule has 0 heterocycles. The lowest BCUT2D eigenvalue weighted by Gasteiger charge is -2.29. The Morgan fingerprint density at radius 3 is 2.42 bits per heavy atom. The lowest BCUT2D eigenvalue weighted by atomic mass is 10.1. The van der Waals surface area contributed by atoms with Crippen LogP contribution in [0.2, 0.25) is 0 Å². The zero-order valence-corrected chi connectivity index (χ0v) is 19.1. The largest absolute Gasteiger partial charge is 0.462 e. The summed E-state index contributed by atoms with van der Waals surface area (Å²) in [6, 6.07) is 11.2. The van der Waals surface area contributed by atoms with Crippen LogP contribution in [0.3, 0.4) is 0 Å². The molecule has 0 aliphatic heterocycles. The van der Waals surface area contributed by atoms with Crippen LogP contribution < -0.4 is 9.61 Å². The fraction of sp³-hybridized carbons (Fsp3) is 0.476. The molecule has 0 spiro atoms. The molecular formula is C21H29FNO7P. The van der Waals surface area contributed by atoms with Crippen molar-refractivity contribution in [2.75, 3.05) is 13.7 Å². The van der Waals surface area contributed by atoms with Gasteiger partial charge in [-0.15, -0.1) is 0 Å². The minimum absolute atomic E-state index is 0.206. The summed E-state index contributed by atoms with van der Waals surface area (Å²) in [7, 11) is -3.29. The normalized spacial score (nSPS) is 17.5. The molecular weight excluding hydrogens is 428 g/mol. The fourth-order valence-electron chi connectivity index (χ4n) is 2.64. The minimum Gasteiger partial charge on any atom is -0.462 e. The van der Waals surface area contributed by atoms with E-state index in [1.54, 1.807) is 38.1 Å². The van der Waals surface area contributed by atoms with Crippen LogP contribution in [-0.4, -0.2) is 48.9 Å². The Balaban J connectivity index is 2.34. The van der Waals surface area contributed by atoms with Gasteiger partial charge in [0.25, 0.3) is 5.85 Å². The maximum Gasteiger partial charge on any atom is 0.459 e. The second-order valence-corrected chi connectivity index (χ2v) is 9.04. The number of hydrogen-bond donors (Lipinski definition) is 2. The maximum absolute atomic E-state index is 14.7. The molecule has 3 unspecified atom stereocenters. The molecule has 2 aromatic carbocycles. The quantitative estimate of drug-likeness (QED) is 0.386. The number of fused-ring (bicyclic) bond motifs is 1. The molecule has 0 aliphatic carbocycles. The van der Waals surface area contributed by atoms with E-state index in [0.29, 0.717) is 5.39 Å². The Hall–Kier alpha value is -2.03. The minimum atomic E-state index is -4.33. The van der Waals surface area contributed by atoms with E-state index in [0.717, 1.165) is 12.5 Å². The predicted octanol–water partition coefficient (Wildman–Crippen LogP) is 3.97. The molecule has 2 rings (SSSR count). The number of aliphatic hydroxyl groups excluding tert-OH is 1. The second kappa shape index (κ2) is 10.5. The number of aliphatic hydroxyl groups is 1. The van der Waals surface area contributed by atoms with E-state index < -0.39 is 44.4 Å². The zero-order valence-electron chi connectivity index (χ0n) is 18.2. The number of benzene rings is 2. The van der Waals surface area contributed by atoms with Gasteiger partial charge in [-0.3, -0.25) is 9.32 Å². The van der Waals surface area contributed by atoms with Gasteiger partial charge >= 0.3 is 13.7 Å². The van der Waals surface area contributed by atoms with E-state index in [1.165, 1.54) is 13.8 Å². The SMILES string of the molecule is COC(F)(COP(=O)(NC(C)C(=O)OC(C)C)Oc1cccc2ccccc12)[C@H](C)O. The van der Waals surface area contributed by atoms with E-state index >= 15 is 0 Å². The Bertz CT molecular complexity index is 934. The van der Waals surface area contributed by atoms with Gasteiger partial charge in [-0.25, -0.2) is 8.96 Å². The number of nitrogens with one attached hydrogen (secondary N) is 1. The summed E-state index contributed by atoms with van der Waals surface area (Å²) in [5.74, 6) is -3.12. The molecule has 0 bridgehead atoms. The van der Waals surface area contributed by atoms with Crippen molar-refractivity contribution in [1.82, 2.24) is 5.09 Å². The molecule has 172 valence electrons. The molecule has 0 aliphatic rings. The van der Waals surface area contributed by atoms with Gasteiger partial charge in [0, 0.05) is 12.5 Å². The number of carbonyl (C=O) groups excluding carboxylic acids is 1. The van der Waals surface area contributed by atoms with Crippen LogP contribution in [0.1, 0.15) is 27.7 Å². The smallest absolute Gasteiger partial charge is 0.459 e. The van der Waals surface area contributed by atoms with Crippen LogP contribution >= 0.6 is 7.75 Å². The average Bonchev–Trinajstić information content (AvgIpc) is 2.71. The average molecular weight is 457 g/mol. The summed E-state index contributed by atoms with van der Waals surface area (Å²) >= 11 is 0. The number of esters is 1. The molecule has 10 heteroatoms. The highest BCUT2D eigenvalue weighted by Crippen LogP contribution is 2.47. The number of carbonyl (C=O) groups is 1. The Kier molecular flexibility index (Phi) is 8.57. The van der Waals surface area contributed by atoms with Crippen molar-refractivity contribution in [2.45, 2.75) is 51.8 Å². The summed E-state index contributed by atoms with van der Waals surface area (Å²) in [6.07, 6.45) is -1.97. The third-order valence-electron chi connectivity index (χ3n) is 4.42. The van der Waals surface area contributed by atoms with Crippen molar-refractivity contribution < 1.29 is 37.4 Å². The topological polar surface area (TPSA) is 103 Å². The Morgan fingerprint density at radius 1 is 1.16 bits per heavy atom. The predicted molar refractivity (Wildman–Crippen MR) is 114 cm³/mol. The number of hydrogen-bond acceptors (Lipinski definition) is 7. The Morgan fingerprint density at radius 2 is 1.81 bits per heavy atom. The first-order valence-electron chi connectivity index (χ1n) is 9.82. The van der Waals surface area contributed by atoms with Gasteiger partial charge in [0.15, 0.2) is 0 Å². The standard InChI is InChI=1S/C21H29FNO7P/c1-14(2)29-20(25)15(3)23-31(26,28-13-21(22,27-5)16(4)24)30-19-12-8-10-17-9-6-7-11-18(17)19/h6-12,14-16,24H,13H2,1-5H3,(H,23,26)/t15?,16-,21?,31?/m0/s1. The molecule has 31 heavy (non-hydrogen) atoms. The summed E-state index contributed by atoms with van der Waals surface area (Å²) in [6.45, 7) is 5.01. The molecule has 0 amide bonds. The highest BCUT2D eigenvalue weighted by atomic mass is 31.2. The van der Waals surface area contributed by atoms with E-state index in [-0.39, 0.29) is 5.75 Å². The van der Waals surface area contributed by atoms with Crippen LogP contribution in [0.25, 0.3) is 10.8 Å². The fourth-order valence-corrected chi connectivity index (χ4v) is 4.17. The lowest BCUT2D eigenvalue weighted by Crippen LogP contribution is -2.43. The van der Waals surface area contributed by atoms with Crippen molar-refractivity contribution in [2.24, 2.45) is 0 Å². The molecule has 0 fully saturated rings. The molecule has 0 saturated carbocycles. The number of ether oxygens (including phenoxy) is 2. The van der Waals surface area contributed by atoms with Gasteiger partial charge < -0.3 is 19.1 Å². The maximum atomic E-state index is 14.7. The first-order valence-corrected chi connectivity index (χ1v) is 11.4. The second-order valence-electron chi connectivity index (χ2n) is 7.34. The lowest BCUT2D eigenvalue weighted by molar-refractivity contribution is -0.202. The van der Waals surface area contributed by atoms with Gasteiger partial charge in [0.1, 0.15) is 24.5 Å². The van der Waals surface area contributed by atoms with E-state index in [1.807, 2.05) is 18.2 Å². The van der Waals surface area contributed by atoms with Crippen LogP contribution in [0.4, 0.5) is 4.39 Å². The zero-order chi connectivity index (χ0) is 23.2. The number of halogens is 1. The molecule has 8 nitrogen and oxygen atoms in total. The highest BCUT2D eigenvalue weighted by molar-refractivity contribution is 7.52. The Labute approximate surface area is 181 Å². The van der Waals surface area contributed by atoms with Crippen LogP contribution in [0.5, 0.6) is 5.75 Å². The first-order chi connectivity index (χ1) is 14.5. The highest BCUT2D eigenvalue weighted by Gasteiger charge is 2.41. The van der Waals surface area contributed by atoms with Gasteiger partial charge in [-0.05, 0) is 39.1 Å². The number of rotatable bonds is 11. The molecule has 0 saturated heterocycles. The van der Waals surface area contributed by atoms with Crippen molar-refractivity contribution >= 4 is 24.5 Å². The van der Waals surface area contributed by atoms with Crippen molar-refractivity contribution in [3.8, 4) is 5.75 Å². The molecule has 4 atom stereocenters. The van der Waals surface area contributed by atoms with Crippen molar-refractivity contribution in [3.63, 3.8) is 0 Å². The van der Waals surface area contributed by atoms with E-state index in [4.69, 9.17) is 13.8 Å². The molecule has 0 radical (unpaired) electrons. The van der Waals surface area contributed by atoms with Crippen LogP contribution in [0, 0.1) is 0 Å². The van der Waals surface area contributed by atoms with Gasteiger partial charge in [0.05, 0.1) is 6.10 Å². The van der Waals surface area contributed by atoms with Crippen LogP contribution in [0.15, 0.2) is 42.5 Å². The van der Waals surface area contributed by atoms with Gasteiger partial charge in [-0.1, -0.05) is 36.4 Å². The van der Waals surface area contributed by atoms with Crippen molar-refractivity contribution in [1.29, 1.82) is 0 Å². The van der Waals surface area contributed by atoms with Crippen LogP contribution in [-0.2, 0) is 23.4 Å². The first kappa shape index (κ1) is 25.2. The van der Waals surface area contributed by atoms with Gasteiger partial charge in [0.2, 0.25) is 0 Å². The summed E-state index contributed by atoms with van der Waals surface area (Å²) < 4.78 is 49.0. The molecule has 2 N–H and O–H groups in total. The van der Waals surface area contributed by atoms with E-state index in [9.17, 15) is 18.9 Å². The van der Waals surface area contributed by atoms with E-state index in [2.05, 4.69) is 9.82 Å². The number of methoxy groups -OCH3 is 1. The number of alkyl halides is 1. The summed E-state index contributed by atoms with van der Waals surface area (Å²) in [4.78, 5) is 12.2. The monoisotopic (exact) mass is 457 g/mol. The van der Waals surface area contributed by atoms with Crippen molar-refractivity contribution in [3.05, 3.63) is 42.5 Å². The summed E-state index contributed by atoms with van der Waals surface area (Å²) in [5, 5.41) is 13.6. The summed E-state index contributed by atoms with van der Waals surface area (Å²) in [5.41, 5.74) is 0. The molecule has 0 aromatic heterocycles.